The third kappa shape index (κ3) is 5.74. The number of hydrogen-bond donors (Lipinski definition) is 3. The van der Waals surface area contributed by atoms with Crippen LogP contribution in [0.25, 0.3) is 16.7 Å². The van der Waals surface area contributed by atoms with E-state index in [0.29, 0.717) is 48.9 Å². The highest BCUT2D eigenvalue weighted by Crippen LogP contribution is 2.39. The van der Waals surface area contributed by atoms with Gasteiger partial charge in [0, 0.05) is 49.3 Å². The molecule has 0 radical (unpaired) electrons. The van der Waals surface area contributed by atoms with Crippen LogP contribution >= 0.6 is 23.2 Å². The molecule has 5 rings (SSSR count). The molecule has 9 nitrogen and oxygen atoms in total. The topological polar surface area (TPSA) is 115 Å². The molecule has 2 aliphatic rings. The second-order valence-electron chi connectivity index (χ2n) is 9.55. The molecule has 0 spiro atoms. The number of carbonyl (C=O) groups is 2. The molecule has 3 aromatic carbocycles. The number of aromatic carboxylic acids is 1. The fraction of sp³-hybridized carbons (Fsp3) is 0.233. The summed E-state index contributed by atoms with van der Waals surface area (Å²) in [7, 11) is 1.72. The number of anilines is 1. The lowest BCUT2D eigenvalue weighted by Gasteiger charge is -2.32. The molecule has 41 heavy (non-hydrogen) atoms. The van der Waals surface area contributed by atoms with Crippen molar-refractivity contribution < 1.29 is 24.2 Å². The van der Waals surface area contributed by atoms with Crippen molar-refractivity contribution in [3.05, 3.63) is 87.0 Å². The number of amides is 1. The number of ether oxygens (including phenoxy) is 2. The number of carbonyl (C=O) groups excluding carboxylic acids is 1. The molecule has 0 aliphatic carbocycles. The number of carboxylic acid groups (broad SMARTS) is 1. The third-order valence-electron chi connectivity index (χ3n) is 7.05. The maximum absolute atomic E-state index is 13.5. The molecule has 0 saturated carbocycles. The predicted molar refractivity (Wildman–Crippen MR) is 160 cm³/mol. The van der Waals surface area contributed by atoms with Gasteiger partial charge in [0.25, 0.3) is 5.91 Å². The maximum atomic E-state index is 13.5. The second-order valence-corrected chi connectivity index (χ2v) is 10.4. The molecule has 212 valence electrons. The van der Waals surface area contributed by atoms with Crippen LogP contribution in [0.1, 0.15) is 31.8 Å². The van der Waals surface area contributed by atoms with Crippen molar-refractivity contribution in [3.8, 4) is 16.9 Å². The highest BCUT2D eigenvalue weighted by molar-refractivity contribution is 6.40. The summed E-state index contributed by atoms with van der Waals surface area (Å²) in [6.07, 6.45) is 2.81. The minimum atomic E-state index is -0.990. The largest absolute Gasteiger partial charge is 0.478 e. The molecule has 0 unspecified atom stereocenters. The van der Waals surface area contributed by atoms with E-state index < -0.39 is 5.97 Å². The van der Waals surface area contributed by atoms with Gasteiger partial charge < -0.3 is 35.1 Å². The first-order valence-electron chi connectivity index (χ1n) is 12.9. The van der Waals surface area contributed by atoms with Crippen LogP contribution in [-0.2, 0) is 11.3 Å². The molecule has 1 fully saturated rings. The fourth-order valence-corrected chi connectivity index (χ4v) is 5.69. The Morgan fingerprint density at radius 1 is 1.07 bits per heavy atom. The van der Waals surface area contributed by atoms with Crippen LogP contribution in [0.3, 0.4) is 0 Å². The van der Waals surface area contributed by atoms with E-state index >= 15 is 0 Å². The smallest absolute Gasteiger partial charge is 0.337 e. The van der Waals surface area contributed by atoms with Crippen molar-refractivity contribution in [1.29, 1.82) is 5.41 Å². The van der Waals surface area contributed by atoms with Crippen LogP contribution in [0.15, 0.2) is 54.7 Å². The minimum Gasteiger partial charge on any atom is -0.478 e. The van der Waals surface area contributed by atoms with Gasteiger partial charge in [0.1, 0.15) is 5.75 Å². The lowest BCUT2D eigenvalue weighted by atomic mass is 9.97. The van der Waals surface area contributed by atoms with Gasteiger partial charge in [0.15, 0.2) is 6.73 Å². The van der Waals surface area contributed by atoms with Crippen LogP contribution in [0.4, 0.5) is 5.69 Å². The molecule has 1 saturated heterocycles. The number of rotatable bonds is 7. The lowest BCUT2D eigenvalue weighted by molar-refractivity contribution is 0.0516. The van der Waals surface area contributed by atoms with E-state index in [2.05, 4.69) is 5.32 Å². The van der Waals surface area contributed by atoms with Gasteiger partial charge in [0.05, 0.1) is 46.6 Å². The number of nitrogens with zero attached hydrogens (tertiary/aromatic N) is 2. The van der Waals surface area contributed by atoms with Gasteiger partial charge in [-0.2, -0.15) is 0 Å². The standard InChI is InChI=1S/C30H28Cl2N4O5/c1-34-15-21(14-33)20-11-24(31)27(25(32)12-20)29(37)36-16-19-3-2-4-22(28(19)41-17-36)18-5-6-23(30(38)39)26(13-18)35-7-9-40-10-8-35/h2-6,11-15,33-34H,7-10,16-17H2,1H3,(H,38,39)/b21-15+,33-14?. The Hall–Kier alpha value is -4.05. The normalized spacial score (nSPS) is 15.1. The summed E-state index contributed by atoms with van der Waals surface area (Å²) in [5, 5.41) is 20.7. The van der Waals surface area contributed by atoms with Gasteiger partial charge >= 0.3 is 5.97 Å². The van der Waals surface area contributed by atoms with E-state index in [9.17, 15) is 14.7 Å². The van der Waals surface area contributed by atoms with Crippen molar-refractivity contribution >= 4 is 52.6 Å². The number of fused-ring (bicyclic) bond motifs is 1. The maximum Gasteiger partial charge on any atom is 0.337 e. The average Bonchev–Trinajstić information content (AvgIpc) is 2.98. The fourth-order valence-electron chi connectivity index (χ4n) is 5.04. The van der Waals surface area contributed by atoms with Crippen molar-refractivity contribution in [3.63, 3.8) is 0 Å². The van der Waals surface area contributed by atoms with E-state index in [4.69, 9.17) is 38.1 Å². The first kappa shape index (κ1) is 28.5. The number of allylic oxidation sites excluding steroid dienone is 1. The molecule has 0 atom stereocenters. The SMILES string of the molecule is CN/C=C(\C=N)c1cc(Cl)c(C(=O)N2COc3c(cccc3-c3ccc(C(=O)O)c(N4CCOCC4)c3)C2)c(Cl)c1. The number of hydrogen-bond acceptors (Lipinski definition) is 7. The van der Waals surface area contributed by atoms with E-state index in [1.165, 1.54) is 11.1 Å². The van der Waals surface area contributed by atoms with Crippen molar-refractivity contribution in [1.82, 2.24) is 10.2 Å². The number of para-hydroxylation sites is 1. The molecular formula is C30H28Cl2N4O5. The van der Waals surface area contributed by atoms with E-state index in [1.54, 1.807) is 37.5 Å². The van der Waals surface area contributed by atoms with Crippen LogP contribution in [0.2, 0.25) is 10.0 Å². The number of halogens is 2. The summed E-state index contributed by atoms with van der Waals surface area (Å²) in [6.45, 7) is 2.52. The van der Waals surface area contributed by atoms with Crippen LogP contribution in [-0.4, -0.2) is 68.2 Å². The van der Waals surface area contributed by atoms with E-state index in [1.807, 2.05) is 29.2 Å². The molecule has 3 aromatic rings. The van der Waals surface area contributed by atoms with Gasteiger partial charge in [-0.1, -0.05) is 47.5 Å². The van der Waals surface area contributed by atoms with Crippen molar-refractivity contribution in [2.24, 2.45) is 0 Å². The quantitative estimate of drug-likeness (QED) is 0.314. The van der Waals surface area contributed by atoms with Gasteiger partial charge in [-0.3, -0.25) is 4.79 Å². The Labute approximate surface area is 247 Å². The molecule has 1 amide bonds. The summed E-state index contributed by atoms with van der Waals surface area (Å²) < 4.78 is 11.6. The zero-order valence-electron chi connectivity index (χ0n) is 22.2. The summed E-state index contributed by atoms with van der Waals surface area (Å²) >= 11 is 13.0. The molecule has 3 N–H and O–H groups in total. The monoisotopic (exact) mass is 594 g/mol. The molecular weight excluding hydrogens is 567 g/mol. The summed E-state index contributed by atoms with van der Waals surface area (Å²) in [6, 6.07) is 14.2. The van der Waals surface area contributed by atoms with Crippen LogP contribution < -0.4 is 15.0 Å². The molecule has 2 heterocycles. The zero-order valence-corrected chi connectivity index (χ0v) is 23.8. The summed E-state index contributed by atoms with van der Waals surface area (Å²) in [5.41, 5.74) is 4.60. The van der Waals surface area contributed by atoms with Gasteiger partial charge in [-0.25, -0.2) is 4.79 Å². The first-order valence-corrected chi connectivity index (χ1v) is 13.7. The van der Waals surface area contributed by atoms with Crippen molar-refractivity contribution in [2.75, 3.05) is 45.0 Å². The zero-order chi connectivity index (χ0) is 29.1. The molecule has 0 aromatic heterocycles. The Balaban J connectivity index is 1.44. The van der Waals surface area contributed by atoms with Gasteiger partial charge in [-0.15, -0.1) is 0 Å². The van der Waals surface area contributed by atoms with Crippen LogP contribution in [0.5, 0.6) is 5.75 Å². The van der Waals surface area contributed by atoms with Gasteiger partial charge in [0.2, 0.25) is 0 Å². The number of nitrogens with one attached hydrogen (secondary N) is 2. The molecule has 0 bridgehead atoms. The minimum absolute atomic E-state index is 0.0216. The Kier molecular flexibility index (Phi) is 8.49. The average molecular weight is 595 g/mol. The lowest BCUT2D eigenvalue weighted by Crippen LogP contribution is -2.37. The molecule has 2 aliphatic heterocycles. The molecule has 11 heteroatoms. The highest BCUT2D eigenvalue weighted by atomic mass is 35.5. The number of benzene rings is 3. The Morgan fingerprint density at radius 3 is 2.46 bits per heavy atom. The van der Waals surface area contributed by atoms with Gasteiger partial charge in [-0.05, 0) is 35.4 Å². The number of morpholine rings is 1. The van der Waals surface area contributed by atoms with E-state index in [-0.39, 0.29) is 40.4 Å². The summed E-state index contributed by atoms with van der Waals surface area (Å²) in [5.74, 6) is -0.735. The van der Waals surface area contributed by atoms with E-state index in [0.717, 1.165) is 16.7 Å². The third-order valence-corrected chi connectivity index (χ3v) is 7.64. The van der Waals surface area contributed by atoms with Crippen LogP contribution in [0, 0.1) is 5.41 Å². The highest BCUT2D eigenvalue weighted by Gasteiger charge is 2.29. The summed E-state index contributed by atoms with van der Waals surface area (Å²) in [4.78, 5) is 29.0. The predicted octanol–water partition coefficient (Wildman–Crippen LogP) is 5.40. The first-order chi connectivity index (χ1) is 19.8. The Bertz CT molecular complexity index is 1530. The van der Waals surface area contributed by atoms with Crippen molar-refractivity contribution in [2.45, 2.75) is 6.54 Å². The number of carboxylic acids is 1. The second kappa shape index (κ2) is 12.2. The Morgan fingerprint density at radius 2 is 1.80 bits per heavy atom.